The van der Waals surface area contributed by atoms with E-state index in [1.54, 1.807) is 12.4 Å². The molecule has 0 atom stereocenters. The zero-order valence-corrected chi connectivity index (χ0v) is 11.4. The van der Waals surface area contributed by atoms with E-state index in [-0.39, 0.29) is 0 Å². The number of anilines is 1. The fraction of sp³-hybridized carbons (Fsp3) is 0.0556. The summed E-state index contributed by atoms with van der Waals surface area (Å²) in [5.41, 5.74) is 12.6. The summed E-state index contributed by atoms with van der Waals surface area (Å²) in [6.07, 6.45) is 3.61. The summed E-state index contributed by atoms with van der Waals surface area (Å²) in [5, 5.41) is 0. The Labute approximate surface area is 118 Å². The molecule has 0 saturated carbocycles. The van der Waals surface area contributed by atoms with Crippen LogP contribution >= 0.6 is 0 Å². The van der Waals surface area contributed by atoms with Crippen molar-refractivity contribution in [3.05, 3.63) is 72.6 Å². The molecule has 0 unspecified atom stereocenters. The molecule has 0 spiro atoms. The number of nitrogens with zero attached hydrogens (tertiary/aromatic N) is 1. The minimum Gasteiger partial charge on any atom is -0.399 e. The third-order valence-electron chi connectivity index (χ3n) is 3.40. The van der Waals surface area contributed by atoms with E-state index in [0.717, 1.165) is 16.8 Å². The SMILES string of the molecule is Cc1ccc(-c2ccc(N)cc2-c2ccncc2)cc1. The highest BCUT2D eigenvalue weighted by atomic mass is 14.6. The maximum atomic E-state index is 5.95. The summed E-state index contributed by atoms with van der Waals surface area (Å²) in [6.45, 7) is 2.09. The summed E-state index contributed by atoms with van der Waals surface area (Å²) < 4.78 is 0. The van der Waals surface area contributed by atoms with Gasteiger partial charge in [-0.2, -0.15) is 0 Å². The Morgan fingerprint density at radius 3 is 2.10 bits per heavy atom. The lowest BCUT2D eigenvalue weighted by atomic mass is 9.94. The Morgan fingerprint density at radius 2 is 1.40 bits per heavy atom. The smallest absolute Gasteiger partial charge is 0.0320 e. The zero-order valence-electron chi connectivity index (χ0n) is 11.4. The second kappa shape index (κ2) is 5.17. The van der Waals surface area contributed by atoms with Gasteiger partial charge in [0.1, 0.15) is 0 Å². The molecular weight excluding hydrogens is 244 g/mol. The Balaban J connectivity index is 2.19. The second-order valence-electron chi connectivity index (χ2n) is 4.91. The molecule has 0 amide bonds. The number of benzene rings is 2. The van der Waals surface area contributed by atoms with E-state index in [4.69, 9.17) is 5.73 Å². The molecule has 2 heteroatoms. The molecule has 20 heavy (non-hydrogen) atoms. The van der Waals surface area contributed by atoms with Crippen LogP contribution in [0.5, 0.6) is 0 Å². The fourth-order valence-corrected chi connectivity index (χ4v) is 2.32. The van der Waals surface area contributed by atoms with Crippen molar-refractivity contribution in [3.63, 3.8) is 0 Å². The van der Waals surface area contributed by atoms with Crippen molar-refractivity contribution < 1.29 is 0 Å². The molecule has 2 N–H and O–H groups in total. The first-order chi connectivity index (χ1) is 9.74. The predicted molar refractivity (Wildman–Crippen MR) is 84.3 cm³/mol. The van der Waals surface area contributed by atoms with E-state index in [9.17, 15) is 0 Å². The fourth-order valence-electron chi connectivity index (χ4n) is 2.32. The van der Waals surface area contributed by atoms with Gasteiger partial charge in [0, 0.05) is 18.1 Å². The predicted octanol–water partition coefficient (Wildman–Crippen LogP) is 4.31. The molecule has 0 aliphatic rings. The highest BCUT2D eigenvalue weighted by molar-refractivity contribution is 5.85. The molecule has 0 radical (unpaired) electrons. The van der Waals surface area contributed by atoms with Gasteiger partial charge in [-0.3, -0.25) is 4.98 Å². The molecule has 0 saturated heterocycles. The molecule has 3 rings (SSSR count). The minimum absolute atomic E-state index is 0.771. The molecule has 3 aromatic rings. The zero-order chi connectivity index (χ0) is 13.9. The second-order valence-corrected chi connectivity index (χ2v) is 4.91. The largest absolute Gasteiger partial charge is 0.399 e. The number of aryl methyl sites for hydroxylation is 1. The molecule has 1 heterocycles. The summed E-state index contributed by atoms with van der Waals surface area (Å²) in [7, 11) is 0. The van der Waals surface area contributed by atoms with Crippen LogP contribution < -0.4 is 5.73 Å². The lowest BCUT2D eigenvalue weighted by molar-refractivity contribution is 1.33. The summed E-state index contributed by atoms with van der Waals surface area (Å²) in [5.74, 6) is 0. The van der Waals surface area contributed by atoms with Gasteiger partial charge in [0.25, 0.3) is 0 Å². The van der Waals surface area contributed by atoms with Gasteiger partial charge < -0.3 is 5.73 Å². The van der Waals surface area contributed by atoms with Gasteiger partial charge in [-0.15, -0.1) is 0 Å². The number of nitrogens with two attached hydrogens (primary N) is 1. The molecule has 0 aliphatic heterocycles. The standard InChI is InChI=1S/C18H16N2/c1-13-2-4-14(5-3-13)17-7-6-16(19)12-18(17)15-8-10-20-11-9-15/h2-12H,19H2,1H3. The van der Waals surface area contributed by atoms with E-state index < -0.39 is 0 Å². The molecule has 0 aliphatic carbocycles. The maximum Gasteiger partial charge on any atom is 0.0320 e. The summed E-state index contributed by atoms with van der Waals surface area (Å²) >= 11 is 0. The first-order valence-electron chi connectivity index (χ1n) is 6.61. The van der Waals surface area contributed by atoms with Crippen molar-refractivity contribution in [2.75, 3.05) is 5.73 Å². The van der Waals surface area contributed by atoms with Gasteiger partial charge in [0.15, 0.2) is 0 Å². The molecule has 98 valence electrons. The summed E-state index contributed by atoms with van der Waals surface area (Å²) in [6, 6.07) is 18.6. The van der Waals surface area contributed by atoms with Gasteiger partial charge in [-0.25, -0.2) is 0 Å². The number of pyridine rings is 1. The highest BCUT2D eigenvalue weighted by Crippen LogP contribution is 2.33. The quantitative estimate of drug-likeness (QED) is 0.697. The lowest BCUT2D eigenvalue weighted by Crippen LogP contribution is -1.90. The van der Waals surface area contributed by atoms with Crippen molar-refractivity contribution in [1.82, 2.24) is 4.98 Å². The van der Waals surface area contributed by atoms with Gasteiger partial charge in [-0.1, -0.05) is 35.9 Å². The Kier molecular flexibility index (Phi) is 3.21. The number of rotatable bonds is 2. The maximum absolute atomic E-state index is 5.95. The normalized spacial score (nSPS) is 10.4. The van der Waals surface area contributed by atoms with Crippen LogP contribution in [0.25, 0.3) is 22.3 Å². The van der Waals surface area contributed by atoms with Crippen LogP contribution in [0.2, 0.25) is 0 Å². The Hall–Kier alpha value is -2.61. The number of nitrogen functional groups attached to an aromatic ring is 1. The van der Waals surface area contributed by atoms with E-state index in [1.165, 1.54) is 16.7 Å². The first kappa shape index (κ1) is 12.4. The van der Waals surface area contributed by atoms with Crippen LogP contribution in [0.3, 0.4) is 0 Å². The third kappa shape index (κ3) is 2.41. The summed E-state index contributed by atoms with van der Waals surface area (Å²) in [4.78, 5) is 4.08. The van der Waals surface area contributed by atoms with Crippen molar-refractivity contribution in [2.24, 2.45) is 0 Å². The minimum atomic E-state index is 0.771. The van der Waals surface area contributed by atoms with Crippen LogP contribution in [0.1, 0.15) is 5.56 Å². The van der Waals surface area contributed by atoms with E-state index in [1.807, 2.05) is 24.3 Å². The van der Waals surface area contributed by atoms with Crippen LogP contribution in [0.4, 0.5) is 5.69 Å². The molecule has 2 aromatic carbocycles. The monoisotopic (exact) mass is 260 g/mol. The number of aromatic nitrogens is 1. The van der Waals surface area contributed by atoms with E-state index in [2.05, 4.69) is 42.2 Å². The van der Waals surface area contributed by atoms with Gasteiger partial charge in [0.05, 0.1) is 0 Å². The van der Waals surface area contributed by atoms with Gasteiger partial charge in [-0.05, 0) is 53.4 Å². The lowest BCUT2D eigenvalue weighted by Gasteiger charge is -2.11. The van der Waals surface area contributed by atoms with Gasteiger partial charge >= 0.3 is 0 Å². The van der Waals surface area contributed by atoms with E-state index in [0.29, 0.717) is 0 Å². The van der Waals surface area contributed by atoms with Crippen LogP contribution in [0.15, 0.2) is 67.0 Å². The van der Waals surface area contributed by atoms with Crippen molar-refractivity contribution in [1.29, 1.82) is 0 Å². The van der Waals surface area contributed by atoms with Gasteiger partial charge in [0.2, 0.25) is 0 Å². The molecule has 2 nitrogen and oxygen atoms in total. The van der Waals surface area contributed by atoms with E-state index >= 15 is 0 Å². The molecule has 0 fully saturated rings. The molecular formula is C18H16N2. The Morgan fingerprint density at radius 1 is 0.750 bits per heavy atom. The number of hydrogen-bond acceptors (Lipinski definition) is 2. The number of hydrogen-bond donors (Lipinski definition) is 1. The van der Waals surface area contributed by atoms with Crippen LogP contribution in [0, 0.1) is 6.92 Å². The molecule has 0 bridgehead atoms. The van der Waals surface area contributed by atoms with Crippen LogP contribution in [-0.2, 0) is 0 Å². The average molecular weight is 260 g/mol. The van der Waals surface area contributed by atoms with Crippen LogP contribution in [-0.4, -0.2) is 4.98 Å². The van der Waals surface area contributed by atoms with Crippen molar-refractivity contribution >= 4 is 5.69 Å². The molecule has 1 aromatic heterocycles. The van der Waals surface area contributed by atoms with Crippen molar-refractivity contribution in [3.8, 4) is 22.3 Å². The average Bonchev–Trinajstić information content (AvgIpc) is 2.49. The first-order valence-corrected chi connectivity index (χ1v) is 6.61. The third-order valence-corrected chi connectivity index (χ3v) is 3.40. The topological polar surface area (TPSA) is 38.9 Å². The Bertz CT molecular complexity index is 716. The van der Waals surface area contributed by atoms with Crippen molar-refractivity contribution in [2.45, 2.75) is 6.92 Å². The highest BCUT2D eigenvalue weighted by Gasteiger charge is 2.07.